The van der Waals surface area contributed by atoms with Gasteiger partial charge in [0.25, 0.3) is 5.91 Å². The molecule has 1 amide bonds. The van der Waals surface area contributed by atoms with E-state index >= 15 is 0 Å². The summed E-state index contributed by atoms with van der Waals surface area (Å²) in [5.41, 5.74) is 1.24. The summed E-state index contributed by atoms with van der Waals surface area (Å²) in [7, 11) is 0. The van der Waals surface area contributed by atoms with Gasteiger partial charge in [-0.15, -0.1) is 0 Å². The van der Waals surface area contributed by atoms with Gasteiger partial charge in [-0.2, -0.15) is 0 Å². The molecule has 2 atom stereocenters. The molecule has 2 heterocycles. The molecule has 1 aromatic carbocycles. The summed E-state index contributed by atoms with van der Waals surface area (Å²) in [5, 5.41) is 10.2. The number of ether oxygens (including phenoxy) is 2. The van der Waals surface area contributed by atoms with Crippen LogP contribution in [0.25, 0.3) is 0 Å². The molecule has 5 nitrogen and oxygen atoms in total. The Morgan fingerprint density at radius 2 is 2.17 bits per heavy atom. The second-order valence-corrected chi connectivity index (χ2v) is 7.32. The van der Waals surface area contributed by atoms with Crippen LogP contribution in [-0.4, -0.2) is 47.5 Å². The fourth-order valence-electron chi connectivity index (χ4n) is 3.50. The Bertz CT molecular complexity index is 622. The van der Waals surface area contributed by atoms with Gasteiger partial charge >= 0.3 is 0 Å². The van der Waals surface area contributed by atoms with Crippen molar-refractivity contribution in [3.05, 3.63) is 34.9 Å². The van der Waals surface area contributed by atoms with Gasteiger partial charge in [0.15, 0.2) is 0 Å². The average molecular weight is 319 g/mol. The van der Waals surface area contributed by atoms with E-state index in [0.717, 1.165) is 17.5 Å². The zero-order chi connectivity index (χ0) is 16.8. The number of benzene rings is 1. The predicted octanol–water partition coefficient (Wildman–Crippen LogP) is 2.20. The van der Waals surface area contributed by atoms with Crippen molar-refractivity contribution in [2.75, 3.05) is 19.9 Å². The molecule has 23 heavy (non-hydrogen) atoms. The maximum absolute atomic E-state index is 12.8. The van der Waals surface area contributed by atoms with E-state index in [9.17, 15) is 9.90 Å². The van der Waals surface area contributed by atoms with E-state index in [4.69, 9.17) is 9.47 Å². The first kappa shape index (κ1) is 16.4. The van der Waals surface area contributed by atoms with Crippen LogP contribution in [0.2, 0.25) is 0 Å². The zero-order valence-electron chi connectivity index (χ0n) is 14.3. The lowest BCUT2D eigenvalue weighted by Crippen LogP contribution is -2.53. The van der Waals surface area contributed by atoms with Gasteiger partial charge in [0.2, 0.25) is 0 Å². The zero-order valence-corrected chi connectivity index (χ0v) is 14.3. The molecular formula is C18H25NO4. The summed E-state index contributed by atoms with van der Waals surface area (Å²) in [6.07, 6.45) is 0.724. The normalized spacial score (nSPS) is 27.9. The number of nitrogens with zero attached hydrogens (tertiary/aromatic N) is 1. The van der Waals surface area contributed by atoms with Crippen LogP contribution >= 0.6 is 0 Å². The molecule has 0 spiro atoms. The van der Waals surface area contributed by atoms with E-state index in [-0.39, 0.29) is 17.6 Å². The lowest BCUT2D eigenvalue weighted by atomic mass is 9.89. The average Bonchev–Trinajstić information content (AvgIpc) is 2.85. The number of likely N-dealkylation sites (tertiary alicyclic amines) is 1. The van der Waals surface area contributed by atoms with Crippen molar-refractivity contribution in [3.8, 4) is 0 Å². The molecule has 0 bridgehead atoms. The molecule has 2 saturated heterocycles. The van der Waals surface area contributed by atoms with E-state index < -0.39 is 5.60 Å². The van der Waals surface area contributed by atoms with Crippen LogP contribution in [0, 0.1) is 6.92 Å². The maximum atomic E-state index is 12.8. The first-order valence-corrected chi connectivity index (χ1v) is 8.09. The van der Waals surface area contributed by atoms with Gasteiger partial charge in [-0.3, -0.25) is 4.79 Å². The van der Waals surface area contributed by atoms with E-state index in [1.165, 1.54) is 0 Å². The molecule has 1 unspecified atom stereocenters. The van der Waals surface area contributed by atoms with Crippen molar-refractivity contribution < 1.29 is 19.4 Å². The molecule has 1 N–H and O–H groups in total. The summed E-state index contributed by atoms with van der Waals surface area (Å²) in [5.74, 6) is 0.00736. The molecule has 126 valence electrons. The molecule has 3 rings (SSSR count). The van der Waals surface area contributed by atoms with E-state index in [1.807, 2.05) is 24.0 Å². The van der Waals surface area contributed by atoms with Gasteiger partial charge in [-0.1, -0.05) is 6.07 Å². The van der Waals surface area contributed by atoms with Crippen molar-refractivity contribution in [2.24, 2.45) is 0 Å². The first-order chi connectivity index (χ1) is 10.7. The van der Waals surface area contributed by atoms with E-state index in [0.29, 0.717) is 25.4 Å². The first-order valence-electron chi connectivity index (χ1n) is 8.09. The highest BCUT2D eigenvalue weighted by Gasteiger charge is 2.46. The number of rotatable bonds is 2. The van der Waals surface area contributed by atoms with Crippen LogP contribution < -0.4 is 0 Å². The molecule has 5 heteroatoms. The van der Waals surface area contributed by atoms with Crippen LogP contribution in [0.5, 0.6) is 0 Å². The lowest BCUT2D eigenvalue weighted by Gasteiger charge is -2.39. The number of aryl methyl sites for hydroxylation is 1. The maximum Gasteiger partial charge on any atom is 0.253 e. The van der Waals surface area contributed by atoms with Crippen molar-refractivity contribution in [1.29, 1.82) is 0 Å². The van der Waals surface area contributed by atoms with Gasteiger partial charge in [0, 0.05) is 12.1 Å². The fraction of sp³-hybridized carbons (Fsp3) is 0.611. The Kier molecular flexibility index (Phi) is 3.99. The van der Waals surface area contributed by atoms with Gasteiger partial charge in [0.1, 0.15) is 12.9 Å². The van der Waals surface area contributed by atoms with Crippen LogP contribution in [0.15, 0.2) is 18.2 Å². The van der Waals surface area contributed by atoms with E-state index in [1.54, 1.807) is 19.9 Å². The quantitative estimate of drug-likeness (QED) is 0.908. The number of aliphatic hydroxyl groups is 1. The number of piperidine rings is 1. The Morgan fingerprint density at radius 3 is 2.83 bits per heavy atom. The topological polar surface area (TPSA) is 59.0 Å². The molecule has 0 radical (unpaired) electrons. The van der Waals surface area contributed by atoms with E-state index in [2.05, 4.69) is 6.92 Å². The Labute approximate surface area is 137 Å². The van der Waals surface area contributed by atoms with Crippen LogP contribution in [0.3, 0.4) is 0 Å². The van der Waals surface area contributed by atoms with Gasteiger partial charge < -0.3 is 19.5 Å². The summed E-state index contributed by atoms with van der Waals surface area (Å²) in [6, 6.07) is 5.49. The van der Waals surface area contributed by atoms with Crippen molar-refractivity contribution in [1.82, 2.24) is 4.90 Å². The number of amides is 1. The molecule has 1 aromatic rings. The number of hydrogen-bond donors (Lipinski definition) is 1. The minimum absolute atomic E-state index is 0.00736. The van der Waals surface area contributed by atoms with Crippen LogP contribution in [0.4, 0.5) is 0 Å². The highest BCUT2D eigenvalue weighted by molar-refractivity contribution is 5.94. The van der Waals surface area contributed by atoms with Crippen molar-refractivity contribution >= 4 is 5.91 Å². The Balaban J connectivity index is 1.78. The lowest BCUT2D eigenvalue weighted by molar-refractivity contribution is -0.0246. The molecule has 0 saturated carbocycles. The smallest absolute Gasteiger partial charge is 0.253 e. The fourth-order valence-corrected chi connectivity index (χ4v) is 3.50. The van der Waals surface area contributed by atoms with Crippen LogP contribution in [-0.2, 0) is 15.1 Å². The molecule has 0 aliphatic carbocycles. The predicted molar refractivity (Wildman–Crippen MR) is 86.2 cm³/mol. The molecular weight excluding hydrogens is 294 g/mol. The highest BCUT2D eigenvalue weighted by Crippen LogP contribution is 2.34. The molecule has 2 fully saturated rings. The second kappa shape index (κ2) is 5.58. The van der Waals surface area contributed by atoms with Crippen LogP contribution in [0.1, 0.15) is 48.7 Å². The van der Waals surface area contributed by atoms with Crippen molar-refractivity contribution in [2.45, 2.75) is 51.4 Å². The summed E-state index contributed by atoms with van der Waals surface area (Å²) in [4.78, 5) is 14.6. The summed E-state index contributed by atoms with van der Waals surface area (Å²) in [6.45, 7) is 9.01. The Morgan fingerprint density at radius 1 is 1.43 bits per heavy atom. The number of hydrogen-bond acceptors (Lipinski definition) is 4. The monoisotopic (exact) mass is 319 g/mol. The summed E-state index contributed by atoms with van der Waals surface area (Å²) >= 11 is 0. The van der Waals surface area contributed by atoms with Gasteiger partial charge in [0.05, 0.1) is 17.7 Å². The third-order valence-corrected chi connectivity index (χ3v) is 5.02. The van der Waals surface area contributed by atoms with Gasteiger partial charge in [-0.25, -0.2) is 0 Å². The standard InChI is InChI=1S/C18H25NO4/c1-12-9-13(5-6-14(12)17(2,3)21)16(20)19-8-7-18(4)15(10-19)22-11-23-18/h5-6,9,15,21H,7-8,10-11H2,1-4H3/t15?,18-/m1/s1. The highest BCUT2D eigenvalue weighted by atomic mass is 16.7. The number of carbonyl (C=O) groups excluding carboxylic acids is 1. The Hall–Kier alpha value is -1.43. The van der Waals surface area contributed by atoms with Crippen molar-refractivity contribution in [3.63, 3.8) is 0 Å². The molecule has 2 aliphatic heterocycles. The number of carbonyl (C=O) groups is 1. The SMILES string of the molecule is Cc1cc(C(=O)N2CC[C@@]3(C)OCOC3C2)ccc1C(C)(C)O. The summed E-state index contributed by atoms with van der Waals surface area (Å²) < 4.78 is 11.3. The third-order valence-electron chi connectivity index (χ3n) is 5.02. The second-order valence-electron chi connectivity index (χ2n) is 7.32. The minimum Gasteiger partial charge on any atom is -0.386 e. The number of fused-ring (bicyclic) bond motifs is 1. The largest absolute Gasteiger partial charge is 0.386 e. The minimum atomic E-state index is -0.909. The van der Waals surface area contributed by atoms with Gasteiger partial charge in [-0.05, 0) is 57.4 Å². The molecule has 2 aliphatic rings. The third kappa shape index (κ3) is 3.01. The molecule has 0 aromatic heterocycles.